The van der Waals surface area contributed by atoms with E-state index in [9.17, 15) is 0 Å². The average Bonchev–Trinajstić information content (AvgIpc) is 2.74. The second-order valence-corrected chi connectivity index (χ2v) is 6.36. The van der Waals surface area contributed by atoms with Gasteiger partial charge >= 0.3 is 0 Å². The van der Waals surface area contributed by atoms with Gasteiger partial charge in [0.2, 0.25) is 0 Å². The largest absolute Gasteiger partial charge is 0.383 e. The Bertz CT molecular complexity index is 664. The van der Waals surface area contributed by atoms with Gasteiger partial charge < -0.3 is 15.0 Å². The van der Waals surface area contributed by atoms with Crippen LogP contribution in [-0.4, -0.2) is 37.1 Å². The summed E-state index contributed by atoms with van der Waals surface area (Å²) in [5.74, 6) is 0. The Kier molecular flexibility index (Phi) is 3.59. The number of nitrogens with one attached hydrogen (secondary N) is 1. The van der Waals surface area contributed by atoms with Gasteiger partial charge in [-0.05, 0) is 34.0 Å². The van der Waals surface area contributed by atoms with E-state index in [-0.39, 0.29) is 5.60 Å². The zero-order chi connectivity index (χ0) is 15.0. The summed E-state index contributed by atoms with van der Waals surface area (Å²) in [6, 6.07) is 8.30. The highest BCUT2D eigenvalue weighted by atomic mass is 16.5. The number of hydrogen-bond acceptors (Lipinski definition) is 4. The summed E-state index contributed by atoms with van der Waals surface area (Å²) in [5, 5.41) is 4.77. The molecule has 0 saturated carbocycles. The number of aromatic nitrogens is 1. The maximum absolute atomic E-state index is 5.94. The molecule has 0 aliphatic carbocycles. The number of para-hydroxylation sites is 1. The normalized spacial score (nSPS) is 16.4. The number of anilines is 1. The van der Waals surface area contributed by atoms with E-state index in [0.717, 1.165) is 24.3 Å². The molecule has 1 aromatic carbocycles. The Labute approximate surface area is 126 Å². The second kappa shape index (κ2) is 5.28. The fraction of sp³-hybridized carbons (Fsp3) is 0.471. The van der Waals surface area contributed by atoms with Crippen LogP contribution in [0.15, 0.2) is 24.3 Å². The summed E-state index contributed by atoms with van der Waals surface area (Å²) in [6.07, 6.45) is 0. The van der Waals surface area contributed by atoms with E-state index in [1.165, 1.54) is 16.6 Å². The monoisotopic (exact) mass is 285 g/mol. The first-order valence-corrected chi connectivity index (χ1v) is 7.44. The van der Waals surface area contributed by atoms with E-state index in [0.29, 0.717) is 6.61 Å². The molecule has 4 nitrogen and oxygen atoms in total. The fourth-order valence-electron chi connectivity index (χ4n) is 2.82. The van der Waals surface area contributed by atoms with Gasteiger partial charge in [-0.3, -0.25) is 0 Å². The van der Waals surface area contributed by atoms with Crippen molar-refractivity contribution in [3.63, 3.8) is 0 Å². The van der Waals surface area contributed by atoms with E-state index in [4.69, 9.17) is 9.72 Å². The molecule has 0 spiro atoms. The summed E-state index contributed by atoms with van der Waals surface area (Å²) in [7, 11) is 4.17. The van der Waals surface area contributed by atoms with E-state index in [2.05, 4.69) is 56.4 Å². The lowest BCUT2D eigenvalue weighted by molar-refractivity contribution is -0.00989. The van der Waals surface area contributed by atoms with Gasteiger partial charge in [0.1, 0.15) is 5.60 Å². The summed E-state index contributed by atoms with van der Waals surface area (Å²) < 4.78 is 5.94. The lowest BCUT2D eigenvalue weighted by Gasteiger charge is -2.19. The highest BCUT2D eigenvalue weighted by molar-refractivity contribution is 5.93. The van der Waals surface area contributed by atoms with Crippen LogP contribution in [0.25, 0.3) is 10.9 Å². The molecule has 0 radical (unpaired) electrons. The number of rotatable bonds is 4. The predicted molar refractivity (Wildman–Crippen MR) is 86.6 cm³/mol. The molecule has 0 amide bonds. The quantitative estimate of drug-likeness (QED) is 0.937. The van der Waals surface area contributed by atoms with E-state index < -0.39 is 0 Å². The molecule has 0 atom stereocenters. The Morgan fingerprint density at radius 3 is 2.81 bits per heavy atom. The maximum atomic E-state index is 5.94. The summed E-state index contributed by atoms with van der Waals surface area (Å²) >= 11 is 0. The maximum Gasteiger partial charge on any atom is 0.105 e. The SMILES string of the molecule is CN(C)CCNc1c2c(nc3ccccc13)C(C)(C)OC2. The third kappa shape index (κ3) is 2.61. The molecule has 0 bridgehead atoms. The molecular weight excluding hydrogens is 262 g/mol. The lowest BCUT2D eigenvalue weighted by atomic mass is 9.99. The molecule has 21 heavy (non-hydrogen) atoms. The summed E-state index contributed by atoms with van der Waals surface area (Å²) in [5.41, 5.74) is 4.17. The Morgan fingerprint density at radius 1 is 1.29 bits per heavy atom. The minimum Gasteiger partial charge on any atom is -0.383 e. The topological polar surface area (TPSA) is 37.4 Å². The van der Waals surface area contributed by atoms with Crippen LogP contribution in [0, 0.1) is 0 Å². The minimum atomic E-state index is -0.308. The van der Waals surface area contributed by atoms with Crippen LogP contribution in [0.2, 0.25) is 0 Å². The molecule has 2 aromatic rings. The van der Waals surface area contributed by atoms with Crippen molar-refractivity contribution in [3.05, 3.63) is 35.5 Å². The number of pyridine rings is 1. The van der Waals surface area contributed by atoms with Gasteiger partial charge in [0.05, 0.1) is 23.5 Å². The third-order valence-corrected chi connectivity index (χ3v) is 4.00. The van der Waals surface area contributed by atoms with Crippen LogP contribution in [-0.2, 0) is 16.9 Å². The Morgan fingerprint density at radius 2 is 2.05 bits per heavy atom. The number of hydrogen-bond donors (Lipinski definition) is 1. The van der Waals surface area contributed by atoms with Crippen LogP contribution in [0.5, 0.6) is 0 Å². The van der Waals surface area contributed by atoms with Gasteiger partial charge in [-0.2, -0.15) is 0 Å². The molecular formula is C17H23N3O. The molecule has 0 unspecified atom stereocenters. The van der Waals surface area contributed by atoms with Crippen molar-refractivity contribution in [2.45, 2.75) is 26.1 Å². The molecule has 0 saturated heterocycles. The van der Waals surface area contributed by atoms with Crippen molar-refractivity contribution in [1.29, 1.82) is 0 Å². The Balaban J connectivity index is 2.08. The van der Waals surface area contributed by atoms with Crippen molar-refractivity contribution in [2.75, 3.05) is 32.5 Å². The predicted octanol–water partition coefficient (Wildman–Crippen LogP) is 2.97. The average molecular weight is 285 g/mol. The summed E-state index contributed by atoms with van der Waals surface area (Å²) in [6.45, 7) is 6.71. The third-order valence-electron chi connectivity index (χ3n) is 4.00. The van der Waals surface area contributed by atoms with Crippen LogP contribution in [0.3, 0.4) is 0 Å². The lowest BCUT2D eigenvalue weighted by Crippen LogP contribution is -2.21. The van der Waals surface area contributed by atoms with Crippen LogP contribution < -0.4 is 5.32 Å². The number of benzene rings is 1. The first-order chi connectivity index (χ1) is 9.99. The number of likely N-dealkylation sites (N-methyl/N-ethyl adjacent to an activating group) is 1. The van der Waals surface area contributed by atoms with Crippen molar-refractivity contribution in [2.24, 2.45) is 0 Å². The number of fused-ring (bicyclic) bond motifs is 2. The molecule has 1 N–H and O–H groups in total. The molecule has 0 fully saturated rings. The van der Waals surface area contributed by atoms with Gasteiger partial charge in [0, 0.05) is 24.0 Å². The van der Waals surface area contributed by atoms with Crippen LogP contribution in [0.1, 0.15) is 25.1 Å². The van der Waals surface area contributed by atoms with Crippen molar-refractivity contribution in [3.8, 4) is 0 Å². The van der Waals surface area contributed by atoms with Crippen molar-refractivity contribution in [1.82, 2.24) is 9.88 Å². The zero-order valence-corrected chi connectivity index (χ0v) is 13.2. The van der Waals surface area contributed by atoms with Gasteiger partial charge in [-0.25, -0.2) is 4.98 Å². The first kappa shape index (κ1) is 14.3. The zero-order valence-electron chi connectivity index (χ0n) is 13.2. The fourth-order valence-corrected chi connectivity index (χ4v) is 2.82. The molecule has 1 aliphatic rings. The first-order valence-electron chi connectivity index (χ1n) is 7.44. The van der Waals surface area contributed by atoms with Gasteiger partial charge in [-0.15, -0.1) is 0 Å². The van der Waals surface area contributed by atoms with Gasteiger partial charge in [-0.1, -0.05) is 18.2 Å². The minimum absolute atomic E-state index is 0.308. The smallest absolute Gasteiger partial charge is 0.105 e. The van der Waals surface area contributed by atoms with Crippen LogP contribution in [0.4, 0.5) is 5.69 Å². The number of ether oxygens (including phenoxy) is 1. The highest BCUT2D eigenvalue weighted by Crippen LogP contribution is 2.41. The van der Waals surface area contributed by atoms with Crippen molar-refractivity contribution < 1.29 is 4.74 Å². The van der Waals surface area contributed by atoms with Crippen LogP contribution >= 0.6 is 0 Å². The molecule has 1 aromatic heterocycles. The van der Waals surface area contributed by atoms with Gasteiger partial charge in [0.15, 0.2) is 0 Å². The van der Waals surface area contributed by atoms with E-state index in [1.807, 2.05) is 6.07 Å². The second-order valence-electron chi connectivity index (χ2n) is 6.36. The standard InChI is InChI=1S/C17H23N3O/c1-17(2)16-13(11-21-17)15(18-9-10-20(3)4)12-7-5-6-8-14(12)19-16/h5-8H,9-11H2,1-4H3,(H,18,19). The molecule has 2 heterocycles. The molecule has 4 heteroatoms. The highest BCUT2D eigenvalue weighted by Gasteiger charge is 2.35. The Hall–Kier alpha value is -1.65. The molecule has 3 rings (SSSR count). The van der Waals surface area contributed by atoms with Gasteiger partial charge in [0.25, 0.3) is 0 Å². The number of nitrogens with zero attached hydrogens (tertiary/aromatic N) is 2. The van der Waals surface area contributed by atoms with E-state index in [1.54, 1.807) is 0 Å². The molecule has 112 valence electrons. The molecule has 1 aliphatic heterocycles. The van der Waals surface area contributed by atoms with E-state index >= 15 is 0 Å². The van der Waals surface area contributed by atoms with Crippen molar-refractivity contribution >= 4 is 16.6 Å². The summed E-state index contributed by atoms with van der Waals surface area (Å²) in [4.78, 5) is 7.01.